The molecule has 0 heterocycles. The van der Waals surface area contributed by atoms with E-state index in [1.165, 1.54) is 6.92 Å². The quantitative estimate of drug-likeness (QED) is 0.541. The van der Waals surface area contributed by atoms with Gasteiger partial charge < -0.3 is 19.7 Å². The van der Waals surface area contributed by atoms with Crippen LogP contribution < -0.4 is 14.8 Å². The third kappa shape index (κ3) is 6.00. The molecule has 0 unspecified atom stereocenters. The number of rotatable bonds is 9. The number of carbonyl (C=O) groups excluding carboxylic acids is 2. The lowest BCUT2D eigenvalue weighted by atomic mass is 10.0. The first-order chi connectivity index (χ1) is 15.4. The van der Waals surface area contributed by atoms with E-state index < -0.39 is 0 Å². The summed E-state index contributed by atoms with van der Waals surface area (Å²) in [6.45, 7) is 2.13. The number of benzene rings is 3. The van der Waals surface area contributed by atoms with Crippen LogP contribution in [0.3, 0.4) is 0 Å². The van der Waals surface area contributed by atoms with Crippen molar-refractivity contribution < 1.29 is 19.1 Å². The Bertz CT molecular complexity index is 1110. The number of amides is 2. The van der Waals surface area contributed by atoms with Crippen LogP contribution in [0.1, 0.15) is 24.5 Å². The molecule has 0 atom stereocenters. The van der Waals surface area contributed by atoms with Gasteiger partial charge in [0.15, 0.2) is 11.5 Å². The van der Waals surface area contributed by atoms with Crippen molar-refractivity contribution in [3.05, 3.63) is 72.1 Å². The first-order valence-electron chi connectivity index (χ1n) is 10.5. The fraction of sp³-hybridized carbons (Fsp3) is 0.269. The number of methoxy groups -OCH3 is 2. The SMILES string of the molecule is COc1ccc(CC(=O)N(C)CC[CH]c2ccc3cc(NC(C)=O)ccc3c2)cc1OC. The molecule has 2 amide bonds. The fourth-order valence-electron chi connectivity index (χ4n) is 3.52. The van der Waals surface area contributed by atoms with Gasteiger partial charge in [-0.3, -0.25) is 9.59 Å². The number of hydrogen-bond acceptors (Lipinski definition) is 4. The van der Waals surface area contributed by atoms with Gasteiger partial charge in [-0.05, 0) is 59.0 Å². The highest BCUT2D eigenvalue weighted by molar-refractivity contribution is 5.93. The highest BCUT2D eigenvalue weighted by Crippen LogP contribution is 2.28. The summed E-state index contributed by atoms with van der Waals surface area (Å²) in [5, 5.41) is 4.97. The molecule has 0 saturated carbocycles. The Morgan fingerprint density at radius 2 is 1.66 bits per heavy atom. The number of carbonyl (C=O) groups is 2. The molecule has 3 rings (SSSR count). The summed E-state index contributed by atoms with van der Waals surface area (Å²) in [4.78, 5) is 25.6. The molecule has 0 spiro atoms. The van der Waals surface area contributed by atoms with E-state index in [2.05, 4.69) is 17.8 Å². The lowest BCUT2D eigenvalue weighted by Gasteiger charge is -2.18. The molecular formula is C26H29N2O4. The average Bonchev–Trinajstić information content (AvgIpc) is 2.78. The van der Waals surface area contributed by atoms with Crippen LogP contribution in [0.4, 0.5) is 5.69 Å². The molecule has 0 saturated heterocycles. The minimum absolute atomic E-state index is 0.0506. The molecule has 32 heavy (non-hydrogen) atoms. The van der Waals surface area contributed by atoms with Crippen molar-refractivity contribution in [1.29, 1.82) is 0 Å². The molecular weight excluding hydrogens is 404 g/mol. The summed E-state index contributed by atoms with van der Waals surface area (Å²) >= 11 is 0. The molecule has 3 aromatic rings. The average molecular weight is 434 g/mol. The second kappa shape index (κ2) is 10.7. The van der Waals surface area contributed by atoms with E-state index in [-0.39, 0.29) is 11.8 Å². The monoisotopic (exact) mass is 433 g/mol. The first-order valence-corrected chi connectivity index (χ1v) is 10.5. The predicted octanol–water partition coefficient (Wildman–Crippen LogP) is 4.46. The van der Waals surface area contributed by atoms with Gasteiger partial charge in [0.05, 0.1) is 20.6 Å². The molecule has 6 heteroatoms. The van der Waals surface area contributed by atoms with Gasteiger partial charge in [0.25, 0.3) is 0 Å². The van der Waals surface area contributed by atoms with Gasteiger partial charge in [-0.15, -0.1) is 0 Å². The van der Waals surface area contributed by atoms with Gasteiger partial charge in [0.1, 0.15) is 0 Å². The maximum atomic E-state index is 12.6. The van der Waals surface area contributed by atoms with Crippen LogP contribution in [0.25, 0.3) is 10.8 Å². The molecule has 0 aliphatic heterocycles. The van der Waals surface area contributed by atoms with Crippen LogP contribution in [0, 0.1) is 6.42 Å². The van der Waals surface area contributed by atoms with Gasteiger partial charge in [-0.2, -0.15) is 0 Å². The van der Waals surface area contributed by atoms with Crippen molar-refractivity contribution in [2.45, 2.75) is 19.8 Å². The van der Waals surface area contributed by atoms with E-state index in [0.29, 0.717) is 24.5 Å². The Hall–Kier alpha value is -3.54. The molecule has 1 radical (unpaired) electrons. The molecule has 0 fully saturated rings. The Labute approximate surface area is 189 Å². The standard InChI is InChI=1S/C26H29N2O4/c1-18(29)27-23-11-10-21-14-19(7-9-22(21)17-23)6-5-13-28(2)26(30)16-20-8-12-24(31-3)25(15-20)32-4/h6-12,14-15,17H,5,13,16H2,1-4H3,(H,27,29). The fourth-order valence-corrected chi connectivity index (χ4v) is 3.52. The number of fused-ring (bicyclic) bond motifs is 1. The van der Waals surface area contributed by atoms with E-state index in [1.807, 2.05) is 55.6 Å². The summed E-state index contributed by atoms with van der Waals surface area (Å²) < 4.78 is 10.6. The molecule has 167 valence electrons. The molecule has 6 nitrogen and oxygen atoms in total. The summed E-state index contributed by atoms with van der Waals surface area (Å²) in [5.41, 5.74) is 2.78. The maximum Gasteiger partial charge on any atom is 0.226 e. The minimum atomic E-state index is -0.0842. The highest BCUT2D eigenvalue weighted by atomic mass is 16.5. The van der Waals surface area contributed by atoms with Gasteiger partial charge in [0.2, 0.25) is 11.8 Å². The molecule has 0 aliphatic carbocycles. The second-order valence-electron chi connectivity index (χ2n) is 7.68. The first kappa shape index (κ1) is 23.1. The lowest BCUT2D eigenvalue weighted by Crippen LogP contribution is -2.29. The molecule has 0 bridgehead atoms. The Morgan fingerprint density at radius 1 is 0.938 bits per heavy atom. The molecule has 1 N–H and O–H groups in total. The summed E-state index contributed by atoms with van der Waals surface area (Å²) in [6.07, 6.45) is 3.19. The number of anilines is 1. The van der Waals surface area contributed by atoms with Gasteiger partial charge in [0, 0.05) is 26.2 Å². The van der Waals surface area contributed by atoms with E-state index in [0.717, 1.165) is 34.0 Å². The number of nitrogens with zero attached hydrogens (tertiary/aromatic N) is 1. The van der Waals surface area contributed by atoms with Crippen molar-refractivity contribution >= 4 is 28.3 Å². The largest absolute Gasteiger partial charge is 0.493 e. The molecule has 0 aliphatic rings. The topological polar surface area (TPSA) is 67.9 Å². The maximum absolute atomic E-state index is 12.6. The Morgan fingerprint density at radius 3 is 2.38 bits per heavy atom. The van der Waals surface area contributed by atoms with Crippen LogP contribution in [0.15, 0.2) is 54.6 Å². The smallest absolute Gasteiger partial charge is 0.226 e. The van der Waals surface area contributed by atoms with E-state index in [9.17, 15) is 9.59 Å². The van der Waals surface area contributed by atoms with Crippen LogP contribution in [-0.4, -0.2) is 44.5 Å². The van der Waals surface area contributed by atoms with Gasteiger partial charge >= 0.3 is 0 Å². The van der Waals surface area contributed by atoms with Crippen molar-refractivity contribution in [3.63, 3.8) is 0 Å². The molecule has 3 aromatic carbocycles. The van der Waals surface area contributed by atoms with Crippen LogP contribution >= 0.6 is 0 Å². The van der Waals surface area contributed by atoms with Crippen molar-refractivity contribution in [1.82, 2.24) is 4.90 Å². The minimum Gasteiger partial charge on any atom is -0.493 e. The third-order valence-electron chi connectivity index (χ3n) is 5.26. The molecule has 0 aromatic heterocycles. The van der Waals surface area contributed by atoms with Gasteiger partial charge in [-0.25, -0.2) is 0 Å². The van der Waals surface area contributed by atoms with Crippen LogP contribution in [0.5, 0.6) is 11.5 Å². The zero-order chi connectivity index (χ0) is 23.1. The highest BCUT2D eigenvalue weighted by Gasteiger charge is 2.12. The number of nitrogens with one attached hydrogen (secondary N) is 1. The zero-order valence-electron chi connectivity index (χ0n) is 19.0. The van der Waals surface area contributed by atoms with Gasteiger partial charge in [-0.1, -0.05) is 30.3 Å². The van der Waals surface area contributed by atoms with E-state index >= 15 is 0 Å². The second-order valence-corrected chi connectivity index (χ2v) is 7.68. The third-order valence-corrected chi connectivity index (χ3v) is 5.26. The number of hydrogen-bond donors (Lipinski definition) is 1. The summed E-state index contributed by atoms with van der Waals surface area (Å²) in [6, 6.07) is 17.6. The van der Waals surface area contributed by atoms with Crippen LogP contribution in [0.2, 0.25) is 0 Å². The van der Waals surface area contributed by atoms with Crippen molar-refractivity contribution in [2.75, 3.05) is 33.1 Å². The van der Waals surface area contributed by atoms with Crippen molar-refractivity contribution in [2.24, 2.45) is 0 Å². The zero-order valence-corrected chi connectivity index (χ0v) is 19.0. The van der Waals surface area contributed by atoms with Crippen molar-refractivity contribution in [3.8, 4) is 11.5 Å². The summed E-state index contributed by atoms with van der Waals surface area (Å²) in [5.74, 6) is 1.23. The Balaban J connectivity index is 1.53. The van der Waals surface area contributed by atoms with E-state index in [1.54, 1.807) is 19.1 Å². The number of likely N-dealkylation sites (N-methyl/N-ethyl adjacent to an activating group) is 1. The van der Waals surface area contributed by atoms with Crippen LogP contribution in [-0.2, 0) is 16.0 Å². The normalized spacial score (nSPS) is 10.6. The lowest BCUT2D eigenvalue weighted by molar-refractivity contribution is -0.129. The Kier molecular flexibility index (Phi) is 7.71. The predicted molar refractivity (Wildman–Crippen MR) is 127 cm³/mol. The summed E-state index contributed by atoms with van der Waals surface area (Å²) in [7, 11) is 4.99. The number of ether oxygens (including phenoxy) is 2. The van der Waals surface area contributed by atoms with E-state index in [4.69, 9.17) is 9.47 Å².